The Labute approximate surface area is 104 Å². The van der Waals surface area contributed by atoms with E-state index in [4.69, 9.17) is 10.00 Å². The van der Waals surface area contributed by atoms with Gasteiger partial charge in [0.1, 0.15) is 6.42 Å². The van der Waals surface area contributed by atoms with Crippen LogP contribution in [0.4, 0.5) is 4.39 Å². The number of nitrogens with one attached hydrogen (secondary N) is 1. The first-order valence-corrected chi connectivity index (χ1v) is 5.80. The van der Waals surface area contributed by atoms with E-state index in [1.54, 1.807) is 18.2 Å². The molecule has 1 aliphatic heterocycles. The van der Waals surface area contributed by atoms with Crippen LogP contribution < -0.4 is 10.1 Å². The van der Waals surface area contributed by atoms with Crippen LogP contribution in [0.25, 0.3) is 0 Å². The summed E-state index contributed by atoms with van der Waals surface area (Å²) in [4.78, 5) is 11.5. The Morgan fingerprint density at radius 3 is 3.22 bits per heavy atom. The Kier molecular flexibility index (Phi) is 3.78. The van der Waals surface area contributed by atoms with E-state index < -0.39 is 5.82 Å². The number of nitriles is 1. The van der Waals surface area contributed by atoms with E-state index in [1.165, 1.54) is 6.07 Å². The predicted molar refractivity (Wildman–Crippen MR) is 62.2 cm³/mol. The molecule has 0 spiro atoms. The zero-order chi connectivity index (χ0) is 13.0. The van der Waals surface area contributed by atoms with Crippen molar-refractivity contribution in [2.45, 2.75) is 25.3 Å². The van der Waals surface area contributed by atoms with Gasteiger partial charge in [-0.25, -0.2) is 4.39 Å². The Bertz CT molecular complexity index is 496. The van der Waals surface area contributed by atoms with Crippen LogP contribution >= 0.6 is 0 Å². The van der Waals surface area contributed by atoms with Gasteiger partial charge in [0.15, 0.2) is 11.6 Å². The summed E-state index contributed by atoms with van der Waals surface area (Å²) in [5.41, 5.74) is 0.638. The number of para-hydroxylation sites is 1. The average Bonchev–Trinajstić information content (AvgIpc) is 2.54. The van der Waals surface area contributed by atoms with Crippen molar-refractivity contribution in [3.63, 3.8) is 0 Å². The van der Waals surface area contributed by atoms with Crippen molar-refractivity contribution in [3.05, 3.63) is 29.6 Å². The van der Waals surface area contributed by atoms with E-state index in [2.05, 4.69) is 5.32 Å². The first-order chi connectivity index (χ1) is 8.72. The molecule has 0 fully saturated rings. The molecule has 18 heavy (non-hydrogen) atoms. The number of nitrogens with zero attached hydrogens (tertiary/aromatic N) is 1. The summed E-state index contributed by atoms with van der Waals surface area (Å²) in [6, 6.07) is 6.16. The maximum absolute atomic E-state index is 13.6. The van der Waals surface area contributed by atoms with Crippen molar-refractivity contribution in [1.82, 2.24) is 5.32 Å². The molecule has 0 saturated carbocycles. The van der Waals surface area contributed by atoms with Gasteiger partial charge in [-0.2, -0.15) is 5.26 Å². The number of carbonyl (C=O) groups excluding carboxylic acids is 1. The quantitative estimate of drug-likeness (QED) is 0.871. The Hall–Kier alpha value is -2.09. The number of hydrogen-bond acceptors (Lipinski definition) is 3. The maximum Gasteiger partial charge on any atom is 0.234 e. The summed E-state index contributed by atoms with van der Waals surface area (Å²) in [7, 11) is 0. The van der Waals surface area contributed by atoms with Crippen LogP contribution in [-0.4, -0.2) is 12.5 Å². The fourth-order valence-corrected chi connectivity index (χ4v) is 2.04. The summed E-state index contributed by atoms with van der Waals surface area (Å²) in [5.74, 6) is -0.564. The highest BCUT2D eigenvalue weighted by molar-refractivity contribution is 5.78. The zero-order valence-corrected chi connectivity index (χ0v) is 9.78. The monoisotopic (exact) mass is 248 g/mol. The molecule has 1 unspecified atom stereocenters. The van der Waals surface area contributed by atoms with Gasteiger partial charge in [-0.05, 0) is 18.9 Å². The lowest BCUT2D eigenvalue weighted by molar-refractivity contribution is -0.120. The van der Waals surface area contributed by atoms with Gasteiger partial charge >= 0.3 is 0 Å². The molecule has 4 nitrogen and oxygen atoms in total. The maximum atomic E-state index is 13.6. The standard InChI is InChI=1S/C13H13FN2O2/c14-10-4-1-3-9-11(16-12(17)6-7-15)5-2-8-18-13(9)10/h1,3-4,11H,2,5-6,8H2,(H,16,17). The topological polar surface area (TPSA) is 62.1 Å². The second-order valence-corrected chi connectivity index (χ2v) is 4.10. The van der Waals surface area contributed by atoms with Crippen LogP contribution in [0.5, 0.6) is 5.75 Å². The summed E-state index contributed by atoms with van der Waals surface area (Å²) < 4.78 is 19.0. The number of ether oxygens (including phenoxy) is 1. The molecule has 1 amide bonds. The second-order valence-electron chi connectivity index (χ2n) is 4.10. The van der Waals surface area contributed by atoms with E-state index in [0.29, 0.717) is 18.6 Å². The Balaban J connectivity index is 2.25. The molecule has 1 aliphatic rings. The molecule has 1 atom stereocenters. The molecule has 0 radical (unpaired) electrons. The molecular weight excluding hydrogens is 235 g/mol. The van der Waals surface area contributed by atoms with E-state index in [9.17, 15) is 9.18 Å². The first-order valence-electron chi connectivity index (χ1n) is 5.80. The minimum atomic E-state index is -0.422. The SMILES string of the molecule is N#CCC(=O)NC1CCCOc2c(F)cccc21. The van der Waals surface area contributed by atoms with E-state index in [1.807, 2.05) is 0 Å². The molecule has 1 aromatic carbocycles. The number of fused-ring (bicyclic) bond motifs is 1. The fourth-order valence-electron chi connectivity index (χ4n) is 2.04. The molecule has 0 bridgehead atoms. The lowest BCUT2D eigenvalue weighted by Gasteiger charge is -2.17. The summed E-state index contributed by atoms with van der Waals surface area (Å²) in [6.07, 6.45) is 1.21. The van der Waals surface area contributed by atoms with Gasteiger partial charge in [-0.15, -0.1) is 0 Å². The highest BCUT2D eigenvalue weighted by atomic mass is 19.1. The molecule has 1 heterocycles. The second kappa shape index (κ2) is 5.50. The highest BCUT2D eigenvalue weighted by Crippen LogP contribution is 2.33. The van der Waals surface area contributed by atoms with Crippen molar-refractivity contribution >= 4 is 5.91 Å². The van der Waals surface area contributed by atoms with Crippen LogP contribution in [0.1, 0.15) is 30.9 Å². The van der Waals surface area contributed by atoms with Gasteiger partial charge < -0.3 is 10.1 Å². The molecule has 1 N–H and O–H groups in total. The number of rotatable bonds is 2. The normalized spacial score (nSPS) is 17.9. The van der Waals surface area contributed by atoms with E-state index >= 15 is 0 Å². The number of carbonyl (C=O) groups is 1. The van der Waals surface area contributed by atoms with Gasteiger partial charge in [0, 0.05) is 5.56 Å². The summed E-state index contributed by atoms with van der Waals surface area (Å²) in [6.45, 7) is 0.429. The van der Waals surface area contributed by atoms with Gasteiger partial charge in [0.25, 0.3) is 0 Å². The van der Waals surface area contributed by atoms with Crippen molar-refractivity contribution in [3.8, 4) is 11.8 Å². The number of hydrogen-bond donors (Lipinski definition) is 1. The van der Waals surface area contributed by atoms with E-state index in [-0.39, 0.29) is 24.1 Å². The average molecular weight is 248 g/mol. The third kappa shape index (κ3) is 2.59. The first kappa shape index (κ1) is 12.4. The summed E-state index contributed by atoms with van der Waals surface area (Å²) in [5, 5.41) is 11.2. The molecule has 94 valence electrons. The summed E-state index contributed by atoms with van der Waals surface area (Å²) >= 11 is 0. The Morgan fingerprint density at radius 1 is 1.61 bits per heavy atom. The molecule has 0 aliphatic carbocycles. The van der Waals surface area contributed by atoms with Crippen molar-refractivity contribution in [2.75, 3.05) is 6.61 Å². The third-order valence-electron chi connectivity index (χ3n) is 2.83. The molecule has 0 aromatic heterocycles. The largest absolute Gasteiger partial charge is 0.490 e. The van der Waals surface area contributed by atoms with Gasteiger partial charge in [0.2, 0.25) is 5.91 Å². The third-order valence-corrected chi connectivity index (χ3v) is 2.83. The molecular formula is C13H13FN2O2. The van der Waals surface area contributed by atoms with Gasteiger partial charge in [0.05, 0.1) is 18.7 Å². The molecule has 0 saturated heterocycles. The smallest absolute Gasteiger partial charge is 0.234 e. The molecule has 2 rings (SSSR count). The molecule has 1 aromatic rings. The van der Waals surface area contributed by atoms with Crippen molar-refractivity contribution < 1.29 is 13.9 Å². The van der Waals surface area contributed by atoms with Crippen LogP contribution in [0.3, 0.4) is 0 Å². The zero-order valence-electron chi connectivity index (χ0n) is 9.78. The van der Waals surface area contributed by atoms with Crippen molar-refractivity contribution in [1.29, 1.82) is 5.26 Å². The fraction of sp³-hybridized carbons (Fsp3) is 0.385. The molecule has 5 heteroatoms. The predicted octanol–water partition coefficient (Wildman–Crippen LogP) is 2.07. The lowest BCUT2D eigenvalue weighted by atomic mass is 10.0. The number of halogens is 1. The van der Waals surface area contributed by atoms with Crippen LogP contribution in [0.2, 0.25) is 0 Å². The van der Waals surface area contributed by atoms with Crippen LogP contribution in [0, 0.1) is 17.1 Å². The van der Waals surface area contributed by atoms with Crippen molar-refractivity contribution in [2.24, 2.45) is 0 Å². The van der Waals surface area contributed by atoms with Gasteiger partial charge in [-0.3, -0.25) is 4.79 Å². The Morgan fingerprint density at radius 2 is 2.44 bits per heavy atom. The highest BCUT2D eigenvalue weighted by Gasteiger charge is 2.23. The van der Waals surface area contributed by atoms with Gasteiger partial charge in [-0.1, -0.05) is 12.1 Å². The lowest BCUT2D eigenvalue weighted by Crippen LogP contribution is -2.27. The number of amides is 1. The van der Waals surface area contributed by atoms with Crippen LogP contribution in [-0.2, 0) is 4.79 Å². The van der Waals surface area contributed by atoms with Crippen LogP contribution in [0.15, 0.2) is 18.2 Å². The minimum absolute atomic E-state index is 0.192. The van der Waals surface area contributed by atoms with E-state index in [0.717, 1.165) is 6.42 Å². The number of benzene rings is 1. The minimum Gasteiger partial charge on any atom is -0.490 e.